The van der Waals surface area contributed by atoms with Crippen molar-refractivity contribution < 1.29 is 4.74 Å². The molecule has 1 atom stereocenters. The van der Waals surface area contributed by atoms with Crippen molar-refractivity contribution in [1.29, 1.82) is 0 Å². The van der Waals surface area contributed by atoms with E-state index in [9.17, 15) is 0 Å². The van der Waals surface area contributed by atoms with Crippen LogP contribution < -0.4 is 15.8 Å². The lowest BCUT2D eigenvalue weighted by molar-refractivity contribution is 0.315. The van der Waals surface area contributed by atoms with Gasteiger partial charge in [-0.25, -0.2) is 0 Å². The Kier molecular flexibility index (Phi) is 5.67. The van der Waals surface area contributed by atoms with E-state index in [-0.39, 0.29) is 6.04 Å². The molecule has 19 heavy (non-hydrogen) atoms. The Balaban J connectivity index is 2.07. The normalized spacial score (nSPS) is 18.2. The van der Waals surface area contributed by atoms with Crippen molar-refractivity contribution >= 4 is 0 Å². The van der Waals surface area contributed by atoms with E-state index in [2.05, 4.69) is 17.4 Å². The van der Waals surface area contributed by atoms with Crippen molar-refractivity contribution in [2.75, 3.05) is 13.2 Å². The zero-order chi connectivity index (χ0) is 13.5. The van der Waals surface area contributed by atoms with E-state index in [1.807, 2.05) is 19.1 Å². The Bertz CT molecular complexity index is 375. The summed E-state index contributed by atoms with van der Waals surface area (Å²) in [5.41, 5.74) is 7.16. The van der Waals surface area contributed by atoms with Gasteiger partial charge in [-0.2, -0.15) is 0 Å². The summed E-state index contributed by atoms with van der Waals surface area (Å²) in [6.45, 7) is 3.32. The molecule has 1 aromatic carbocycles. The largest absolute Gasteiger partial charge is 0.494 e. The molecule has 0 saturated heterocycles. The van der Waals surface area contributed by atoms with Crippen LogP contribution in [0.25, 0.3) is 0 Å². The number of hydrogen-bond acceptors (Lipinski definition) is 3. The summed E-state index contributed by atoms with van der Waals surface area (Å²) in [4.78, 5) is 0. The second-order valence-electron chi connectivity index (χ2n) is 5.26. The molecule has 0 spiro atoms. The van der Waals surface area contributed by atoms with Crippen LogP contribution in [-0.2, 0) is 0 Å². The first-order valence-corrected chi connectivity index (χ1v) is 7.53. The molecule has 1 unspecified atom stereocenters. The van der Waals surface area contributed by atoms with Crippen molar-refractivity contribution in [3.8, 4) is 5.75 Å². The van der Waals surface area contributed by atoms with Crippen LogP contribution in [0.5, 0.6) is 5.75 Å². The monoisotopic (exact) mass is 262 g/mol. The van der Waals surface area contributed by atoms with Gasteiger partial charge < -0.3 is 15.8 Å². The summed E-state index contributed by atoms with van der Waals surface area (Å²) in [7, 11) is 0. The van der Waals surface area contributed by atoms with Crippen LogP contribution in [0.15, 0.2) is 24.3 Å². The first-order valence-electron chi connectivity index (χ1n) is 7.53. The molecule has 3 nitrogen and oxygen atoms in total. The Hall–Kier alpha value is -1.06. The summed E-state index contributed by atoms with van der Waals surface area (Å²) in [6.07, 6.45) is 6.59. The molecule has 0 bridgehead atoms. The molecule has 3 heteroatoms. The fourth-order valence-corrected chi connectivity index (χ4v) is 2.89. The van der Waals surface area contributed by atoms with Gasteiger partial charge in [-0.15, -0.1) is 0 Å². The molecule has 0 aliphatic heterocycles. The number of ether oxygens (including phenoxy) is 1. The fraction of sp³-hybridized carbons (Fsp3) is 0.625. The summed E-state index contributed by atoms with van der Waals surface area (Å²) in [5.74, 6) is 0.962. The molecule has 3 N–H and O–H groups in total. The highest BCUT2D eigenvalue weighted by Gasteiger charge is 2.20. The quantitative estimate of drug-likeness (QED) is 0.828. The first kappa shape index (κ1) is 14.4. The molecule has 2 rings (SSSR count). The minimum absolute atomic E-state index is 0.200. The highest BCUT2D eigenvalue weighted by atomic mass is 16.5. The lowest BCUT2D eigenvalue weighted by atomic mass is 9.94. The third kappa shape index (κ3) is 3.95. The lowest BCUT2D eigenvalue weighted by Gasteiger charge is -2.29. The van der Waals surface area contributed by atoms with E-state index in [0.29, 0.717) is 19.2 Å². The number of hydrogen-bond donors (Lipinski definition) is 2. The SMILES string of the molecule is CCOc1ccccc1C(CN)NC1CCCCC1. The first-order chi connectivity index (χ1) is 9.35. The Labute approximate surface area is 116 Å². The molecule has 0 amide bonds. The predicted molar refractivity (Wildman–Crippen MR) is 79.4 cm³/mol. The van der Waals surface area contributed by atoms with Gasteiger partial charge in [0.15, 0.2) is 0 Å². The topological polar surface area (TPSA) is 47.3 Å². The van der Waals surface area contributed by atoms with E-state index < -0.39 is 0 Å². The maximum atomic E-state index is 5.97. The molecular weight excluding hydrogens is 236 g/mol. The Morgan fingerprint density at radius 3 is 2.68 bits per heavy atom. The average molecular weight is 262 g/mol. The van der Waals surface area contributed by atoms with E-state index in [1.165, 1.54) is 37.7 Å². The summed E-state index contributed by atoms with van der Waals surface area (Å²) >= 11 is 0. The van der Waals surface area contributed by atoms with Crippen molar-refractivity contribution in [1.82, 2.24) is 5.32 Å². The minimum Gasteiger partial charge on any atom is -0.494 e. The lowest BCUT2D eigenvalue weighted by Crippen LogP contribution is -2.38. The summed E-state index contributed by atoms with van der Waals surface area (Å²) in [5, 5.41) is 3.72. The molecule has 1 aliphatic rings. The average Bonchev–Trinajstić information content (AvgIpc) is 2.47. The van der Waals surface area contributed by atoms with Gasteiger partial charge >= 0.3 is 0 Å². The van der Waals surface area contributed by atoms with Crippen molar-refractivity contribution in [3.05, 3.63) is 29.8 Å². The van der Waals surface area contributed by atoms with Crippen LogP contribution in [-0.4, -0.2) is 19.2 Å². The van der Waals surface area contributed by atoms with Crippen molar-refractivity contribution in [2.45, 2.75) is 51.1 Å². The molecule has 0 heterocycles. The van der Waals surface area contributed by atoms with Gasteiger partial charge in [0, 0.05) is 24.2 Å². The molecular formula is C16H26N2O. The van der Waals surface area contributed by atoms with Crippen LogP contribution in [0.2, 0.25) is 0 Å². The van der Waals surface area contributed by atoms with Crippen LogP contribution in [0.3, 0.4) is 0 Å². The number of nitrogens with one attached hydrogen (secondary N) is 1. The standard InChI is InChI=1S/C16H26N2O/c1-2-19-16-11-7-6-10-14(16)15(12-17)18-13-8-4-3-5-9-13/h6-7,10-11,13,15,18H,2-5,8-9,12,17H2,1H3. The van der Waals surface area contributed by atoms with Gasteiger partial charge in [0.05, 0.1) is 6.61 Å². The molecule has 1 fully saturated rings. The number of para-hydroxylation sites is 1. The van der Waals surface area contributed by atoms with E-state index in [4.69, 9.17) is 10.5 Å². The number of rotatable bonds is 6. The van der Waals surface area contributed by atoms with Crippen LogP contribution in [0, 0.1) is 0 Å². The van der Waals surface area contributed by atoms with Gasteiger partial charge in [-0.1, -0.05) is 37.5 Å². The third-order valence-corrected chi connectivity index (χ3v) is 3.87. The van der Waals surface area contributed by atoms with Gasteiger partial charge in [-0.05, 0) is 25.8 Å². The van der Waals surface area contributed by atoms with Gasteiger partial charge in [0.25, 0.3) is 0 Å². The zero-order valence-electron chi connectivity index (χ0n) is 11.9. The van der Waals surface area contributed by atoms with Crippen molar-refractivity contribution in [3.63, 3.8) is 0 Å². The highest BCUT2D eigenvalue weighted by Crippen LogP contribution is 2.27. The zero-order valence-corrected chi connectivity index (χ0v) is 11.9. The molecule has 0 radical (unpaired) electrons. The second kappa shape index (κ2) is 7.51. The summed E-state index contributed by atoms with van der Waals surface area (Å²) < 4.78 is 5.71. The molecule has 1 saturated carbocycles. The Morgan fingerprint density at radius 1 is 1.26 bits per heavy atom. The maximum absolute atomic E-state index is 5.97. The van der Waals surface area contributed by atoms with Gasteiger partial charge in [0.2, 0.25) is 0 Å². The highest BCUT2D eigenvalue weighted by molar-refractivity contribution is 5.36. The van der Waals surface area contributed by atoms with Crippen LogP contribution >= 0.6 is 0 Å². The maximum Gasteiger partial charge on any atom is 0.124 e. The molecule has 1 aromatic rings. The van der Waals surface area contributed by atoms with Gasteiger partial charge in [-0.3, -0.25) is 0 Å². The Morgan fingerprint density at radius 2 is 2.00 bits per heavy atom. The third-order valence-electron chi connectivity index (χ3n) is 3.87. The fourth-order valence-electron chi connectivity index (χ4n) is 2.89. The minimum atomic E-state index is 0.200. The number of benzene rings is 1. The summed E-state index contributed by atoms with van der Waals surface area (Å²) in [6, 6.07) is 9.04. The molecule has 0 aromatic heterocycles. The van der Waals surface area contributed by atoms with E-state index in [1.54, 1.807) is 0 Å². The van der Waals surface area contributed by atoms with Crippen LogP contribution in [0.4, 0.5) is 0 Å². The second-order valence-corrected chi connectivity index (χ2v) is 5.26. The molecule has 1 aliphatic carbocycles. The molecule has 106 valence electrons. The van der Waals surface area contributed by atoms with Crippen molar-refractivity contribution in [2.24, 2.45) is 5.73 Å². The predicted octanol–water partition coefficient (Wildman–Crippen LogP) is 3.01. The van der Waals surface area contributed by atoms with E-state index in [0.717, 1.165) is 5.75 Å². The number of nitrogens with two attached hydrogens (primary N) is 1. The smallest absolute Gasteiger partial charge is 0.124 e. The van der Waals surface area contributed by atoms with Gasteiger partial charge in [0.1, 0.15) is 5.75 Å². The van der Waals surface area contributed by atoms with Crippen LogP contribution in [0.1, 0.15) is 50.6 Å². The van der Waals surface area contributed by atoms with E-state index >= 15 is 0 Å².